The molecular weight excluding hydrogens is 434 g/mol. The summed E-state index contributed by atoms with van der Waals surface area (Å²) in [5.74, 6) is -1.30. The molecule has 5 rings (SSSR count). The van der Waals surface area contributed by atoms with Gasteiger partial charge in [0.05, 0.1) is 12.6 Å². The van der Waals surface area contributed by atoms with Crippen molar-refractivity contribution in [2.45, 2.75) is 56.7 Å². The van der Waals surface area contributed by atoms with Crippen molar-refractivity contribution >= 4 is 38.5 Å². The first kappa shape index (κ1) is 21.4. The molecule has 0 aromatic carbocycles. The number of aliphatic hydroxyl groups excluding tert-OH is 1. The van der Waals surface area contributed by atoms with Gasteiger partial charge < -0.3 is 15.7 Å². The highest BCUT2D eigenvalue weighted by Crippen LogP contribution is 2.31. The van der Waals surface area contributed by atoms with E-state index in [0.717, 1.165) is 41.6 Å². The number of anilines is 3. The average Bonchev–Trinajstić information content (AvgIpc) is 3.31. The Hall–Kier alpha value is -2.43. The molecule has 0 amide bonds. The van der Waals surface area contributed by atoms with Gasteiger partial charge in [-0.3, -0.25) is 4.90 Å². The Morgan fingerprint density at radius 3 is 2.72 bits per heavy atom. The van der Waals surface area contributed by atoms with Crippen LogP contribution in [0.15, 0.2) is 30.5 Å². The molecular formula is C22H26F2N6OS. The number of aliphatic hydroxyl groups is 1. The van der Waals surface area contributed by atoms with Crippen molar-refractivity contribution in [1.82, 2.24) is 19.9 Å². The van der Waals surface area contributed by atoms with Crippen molar-refractivity contribution in [2.75, 3.05) is 23.7 Å². The molecule has 2 aliphatic rings. The Balaban J connectivity index is 1.37. The molecule has 0 atom stereocenters. The number of alkyl halides is 2. The third-order valence-corrected chi connectivity index (χ3v) is 6.88. The third kappa shape index (κ3) is 5.13. The van der Waals surface area contributed by atoms with Gasteiger partial charge in [0.2, 0.25) is 0 Å². The summed E-state index contributed by atoms with van der Waals surface area (Å²) >= 11 is 1.44. The highest BCUT2D eigenvalue weighted by atomic mass is 32.1. The van der Waals surface area contributed by atoms with E-state index in [4.69, 9.17) is 4.98 Å². The summed E-state index contributed by atoms with van der Waals surface area (Å²) in [6, 6.07) is 7.82. The van der Waals surface area contributed by atoms with Crippen LogP contribution in [0.1, 0.15) is 37.7 Å². The summed E-state index contributed by atoms with van der Waals surface area (Å²) in [6.45, 7) is 0.599. The van der Waals surface area contributed by atoms with Gasteiger partial charge in [-0.2, -0.15) is 0 Å². The first-order valence-electron chi connectivity index (χ1n) is 11.0. The summed E-state index contributed by atoms with van der Waals surface area (Å²) in [6.07, 6.45) is 4.69. The number of aromatic nitrogens is 3. The van der Waals surface area contributed by atoms with Crippen LogP contribution in [-0.4, -0.2) is 56.1 Å². The summed E-state index contributed by atoms with van der Waals surface area (Å²) in [5, 5.41) is 17.2. The number of halogens is 2. The molecule has 3 aromatic heterocycles. The molecule has 1 aliphatic heterocycles. The monoisotopic (exact) mass is 460 g/mol. The lowest BCUT2D eigenvalue weighted by atomic mass is 9.93. The number of likely N-dealkylation sites (tertiary alicyclic amines) is 1. The normalized spacial score (nSPS) is 23.5. The summed E-state index contributed by atoms with van der Waals surface area (Å²) in [7, 11) is 0. The van der Waals surface area contributed by atoms with Crippen molar-refractivity contribution in [3.8, 4) is 0 Å². The van der Waals surface area contributed by atoms with Crippen molar-refractivity contribution in [3.05, 3.63) is 36.0 Å². The highest BCUT2D eigenvalue weighted by Gasteiger charge is 2.38. The minimum absolute atomic E-state index is 0.0998. The van der Waals surface area contributed by atoms with Gasteiger partial charge in [-0.1, -0.05) is 11.3 Å². The first-order valence-corrected chi connectivity index (χ1v) is 11.8. The number of pyridine rings is 2. The largest absolute Gasteiger partial charge is 0.393 e. The summed E-state index contributed by atoms with van der Waals surface area (Å²) in [4.78, 5) is 16.2. The average molecular weight is 461 g/mol. The maximum atomic E-state index is 13.7. The molecule has 32 heavy (non-hydrogen) atoms. The molecule has 3 aromatic rings. The van der Waals surface area contributed by atoms with Crippen LogP contribution in [0.3, 0.4) is 0 Å². The van der Waals surface area contributed by atoms with Crippen LogP contribution in [0.5, 0.6) is 0 Å². The van der Waals surface area contributed by atoms with Crippen LogP contribution < -0.4 is 10.6 Å². The van der Waals surface area contributed by atoms with Gasteiger partial charge in [-0.05, 0) is 55.5 Å². The van der Waals surface area contributed by atoms with Gasteiger partial charge in [0.25, 0.3) is 5.92 Å². The lowest BCUT2D eigenvalue weighted by Crippen LogP contribution is -2.29. The van der Waals surface area contributed by atoms with Crippen LogP contribution in [0.4, 0.5) is 25.5 Å². The minimum atomic E-state index is -2.62. The van der Waals surface area contributed by atoms with Gasteiger partial charge >= 0.3 is 0 Å². The van der Waals surface area contributed by atoms with Gasteiger partial charge in [0, 0.05) is 31.7 Å². The maximum Gasteiger partial charge on any atom is 0.261 e. The summed E-state index contributed by atoms with van der Waals surface area (Å²) < 4.78 is 27.3. The molecule has 4 heterocycles. The quantitative estimate of drug-likeness (QED) is 0.503. The zero-order chi connectivity index (χ0) is 22.1. The van der Waals surface area contributed by atoms with Crippen LogP contribution in [0.2, 0.25) is 0 Å². The second-order valence-electron chi connectivity index (χ2n) is 8.68. The van der Waals surface area contributed by atoms with E-state index in [9.17, 15) is 13.9 Å². The molecule has 10 heteroatoms. The maximum absolute atomic E-state index is 13.7. The molecule has 170 valence electrons. The fraction of sp³-hybridized carbons (Fsp3) is 0.500. The van der Waals surface area contributed by atoms with Crippen LogP contribution >= 0.6 is 11.3 Å². The number of nitrogens with zero attached hydrogens (tertiary/aromatic N) is 4. The molecule has 3 N–H and O–H groups in total. The van der Waals surface area contributed by atoms with E-state index in [2.05, 4.69) is 20.6 Å². The van der Waals surface area contributed by atoms with Crippen LogP contribution in [0, 0.1) is 0 Å². The molecule has 1 aliphatic carbocycles. The number of hydrogen-bond acceptors (Lipinski definition) is 8. The van der Waals surface area contributed by atoms with Gasteiger partial charge in [0.15, 0.2) is 5.13 Å². The van der Waals surface area contributed by atoms with Crippen molar-refractivity contribution in [3.63, 3.8) is 0 Å². The Morgan fingerprint density at radius 2 is 1.97 bits per heavy atom. The van der Waals surface area contributed by atoms with Gasteiger partial charge in [0.1, 0.15) is 22.0 Å². The molecule has 2 fully saturated rings. The lowest BCUT2D eigenvalue weighted by Gasteiger charge is -2.27. The Morgan fingerprint density at radius 1 is 1.16 bits per heavy atom. The topological polar surface area (TPSA) is 86.2 Å². The second-order valence-corrected chi connectivity index (χ2v) is 9.66. The fourth-order valence-electron chi connectivity index (χ4n) is 4.38. The zero-order valence-electron chi connectivity index (χ0n) is 17.6. The third-order valence-electron chi connectivity index (χ3n) is 5.99. The Bertz CT molecular complexity index is 1050. The predicted octanol–water partition coefficient (Wildman–Crippen LogP) is 4.39. The SMILES string of the molecule is OC1CCC(Nc2cc(CN3CCC(F)(F)C3)cc(Nc3nc4cccnc4s3)n2)CC1. The van der Waals surface area contributed by atoms with E-state index in [1.807, 2.05) is 24.3 Å². The van der Waals surface area contributed by atoms with Gasteiger partial charge in [-0.25, -0.2) is 23.7 Å². The molecule has 0 bridgehead atoms. The molecule has 0 radical (unpaired) electrons. The first-order chi connectivity index (χ1) is 15.4. The van der Waals surface area contributed by atoms with Crippen molar-refractivity contribution < 1.29 is 13.9 Å². The number of thiazole rings is 1. The van der Waals surface area contributed by atoms with Crippen LogP contribution in [-0.2, 0) is 6.54 Å². The smallest absolute Gasteiger partial charge is 0.261 e. The highest BCUT2D eigenvalue weighted by molar-refractivity contribution is 7.21. The number of nitrogens with one attached hydrogen (secondary N) is 2. The van der Waals surface area contributed by atoms with Crippen molar-refractivity contribution in [2.24, 2.45) is 0 Å². The van der Waals surface area contributed by atoms with Crippen LogP contribution in [0.25, 0.3) is 10.3 Å². The minimum Gasteiger partial charge on any atom is -0.393 e. The van der Waals surface area contributed by atoms with E-state index in [-0.39, 0.29) is 25.1 Å². The second kappa shape index (κ2) is 8.84. The molecule has 1 saturated heterocycles. The molecule has 0 unspecified atom stereocenters. The van der Waals surface area contributed by atoms with E-state index >= 15 is 0 Å². The van der Waals surface area contributed by atoms with E-state index in [1.165, 1.54) is 11.3 Å². The van der Waals surface area contributed by atoms with E-state index in [0.29, 0.717) is 29.9 Å². The zero-order valence-corrected chi connectivity index (χ0v) is 18.4. The molecule has 7 nitrogen and oxygen atoms in total. The van der Waals surface area contributed by atoms with E-state index < -0.39 is 5.92 Å². The number of rotatable bonds is 6. The van der Waals surface area contributed by atoms with Gasteiger partial charge in [-0.15, -0.1) is 0 Å². The number of hydrogen-bond donors (Lipinski definition) is 3. The molecule has 0 spiro atoms. The number of fused-ring (bicyclic) bond motifs is 1. The molecule has 1 saturated carbocycles. The predicted molar refractivity (Wildman–Crippen MR) is 122 cm³/mol. The summed E-state index contributed by atoms with van der Waals surface area (Å²) in [5.41, 5.74) is 1.73. The Labute approximate surface area is 188 Å². The lowest BCUT2D eigenvalue weighted by molar-refractivity contribution is 0.0115. The van der Waals surface area contributed by atoms with Crippen molar-refractivity contribution in [1.29, 1.82) is 0 Å². The Kier molecular flexibility index (Phi) is 5.92. The van der Waals surface area contributed by atoms with E-state index in [1.54, 1.807) is 11.1 Å². The fourth-order valence-corrected chi connectivity index (χ4v) is 5.19. The standard InChI is InChI=1S/C22H26F2N6OS/c23-22(24)7-9-30(13-22)12-14-10-18(26-15-3-5-16(31)6-4-15)28-19(11-14)29-21-27-17-2-1-8-25-20(17)32-21/h1-2,8,10-11,15-16,31H,3-7,9,12-13H2,(H2,26,27,28,29).